The third kappa shape index (κ3) is 3.59. The van der Waals surface area contributed by atoms with Crippen LogP contribution in [0, 0.1) is 11.6 Å². The molecule has 0 aliphatic carbocycles. The molecule has 0 saturated heterocycles. The quantitative estimate of drug-likeness (QED) is 0.807. The number of nitrogens with zero attached hydrogens (tertiary/aromatic N) is 1. The highest BCUT2D eigenvalue weighted by atomic mass is 32.2. The van der Waals surface area contributed by atoms with Crippen molar-refractivity contribution in [2.24, 2.45) is 0 Å². The fraction of sp³-hybridized carbons (Fsp3) is 0.154. The van der Waals surface area contributed by atoms with Crippen molar-refractivity contribution in [1.29, 1.82) is 0 Å². The second-order valence-electron chi connectivity index (χ2n) is 4.38. The Morgan fingerprint density at radius 2 is 1.73 bits per heavy atom. The average molecular weight is 337 g/mol. The van der Waals surface area contributed by atoms with E-state index in [-0.39, 0.29) is 5.56 Å². The normalized spacial score (nSPS) is 12.4. The molecule has 2 aromatic rings. The molecule has 2 rings (SSSR count). The van der Waals surface area contributed by atoms with E-state index in [9.17, 15) is 30.4 Å². The number of hydrogen-bond acceptors (Lipinski definition) is 3. The molecule has 22 heavy (non-hydrogen) atoms. The molecule has 1 aromatic carbocycles. The summed E-state index contributed by atoms with van der Waals surface area (Å²) in [5.74, 6) is -2.76. The van der Waals surface area contributed by atoms with E-state index >= 15 is 0 Å². The molecule has 0 aliphatic rings. The largest absolute Gasteiger partial charge is 0.417 e. The van der Waals surface area contributed by atoms with Gasteiger partial charge in [-0.15, -0.1) is 0 Å². The molecule has 0 bridgehead atoms. The van der Waals surface area contributed by atoms with Gasteiger partial charge in [0, 0.05) is 17.8 Å². The minimum atomic E-state index is -4.64. The van der Waals surface area contributed by atoms with Crippen LogP contribution in [-0.2, 0) is 21.8 Å². The highest BCUT2D eigenvalue weighted by Gasteiger charge is 2.31. The Morgan fingerprint density at radius 1 is 1.05 bits per heavy atom. The summed E-state index contributed by atoms with van der Waals surface area (Å²) in [5.41, 5.74) is -1.40. The number of alkyl halides is 3. The molecule has 0 amide bonds. The molecule has 3 nitrogen and oxygen atoms in total. The van der Waals surface area contributed by atoms with Crippen LogP contribution in [0.2, 0.25) is 0 Å². The second-order valence-corrected chi connectivity index (χ2v) is 6.31. The molecule has 0 N–H and O–H groups in total. The first-order valence-electron chi connectivity index (χ1n) is 5.79. The zero-order chi connectivity index (χ0) is 16.5. The summed E-state index contributed by atoms with van der Waals surface area (Å²) in [4.78, 5) is 3.26. The maximum Gasteiger partial charge on any atom is 0.417 e. The van der Waals surface area contributed by atoms with Crippen molar-refractivity contribution in [1.82, 2.24) is 4.98 Å². The van der Waals surface area contributed by atoms with E-state index in [1.165, 1.54) is 0 Å². The van der Waals surface area contributed by atoms with Crippen LogP contribution in [0.15, 0.2) is 41.6 Å². The van der Waals surface area contributed by atoms with Crippen LogP contribution >= 0.6 is 0 Å². The molecule has 0 saturated carbocycles. The van der Waals surface area contributed by atoms with Gasteiger partial charge in [-0.2, -0.15) is 13.2 Å². The van der Waals surface area contributed by atoms with Crippen LogP contribution < -0.4 is 0 Å². The van der Waals surface area contributed by atoms with Gasteiger partial charge in [0.2, 0.25) is 0 Å². The monoisotopic (exact) mass is 337 g/mol. The van der Waals surface area contributed by atoms with Crippen LogP contribution in [0.25, 0.3) is 0 Å². The maximum atomic E-state index is 13.4. The number of hydrogen-bond donors (Lipinski definition) is 0. The standard InChI is InChI=1S/C13H8F5NO2S/c14-10-3-1-8(11(15)5-10)7-22(20,21)12-4-2-9(6-19-12)13(16,17)18/h1-6H,7H2. The predicted octanol–water partition coefficient (Wildman–Crippen LogP) is 3.35. The van der Waals surface area contributed by atoms with Gasteiger partial charge in [0.05, 0.1) is 11.3 Å². The minimum absolute atomic E-state index is 0.303. The molecular weight excluding hydrogens is 329 g/mol. The summed E-state index contributed by atoms with van der Waals surface area (Å²) in [7, 11) is -4.15. The van der Waals surface area contributed by atoms with E-state index in [0.717, 1.165) is 12.1 Å². The van der Waals surface area contributed by atoms with E-state index in [1.54, 1.807) is 0 Å². The second kappa shape index (κ2) is 5.64. The van der Waals surface area contributed by atoms with Crippen LogP contribution in [0.5, 0.6) is 0 Å². The van der Waals surface area contributed by atoms with Gasteiger partial charge in [-0.3, -0.25) is 0 Å². The molecule has 1 heterocycles. The Bertz CT molecular complexity index is 785. The van der Waals surface area contributed by atoms with E-state index in [0.29, 0.717) is 24.4 Å². The summed E-state index contributed by atoms with van der Waals surface area (Å²) in [6.45, 7) is 0. The lowest BCUT2D eigenvalue weighted by atomic mass is 10.2. The molecule has 1 aromatic heterocycles. The third-order valence-corrected chi connectivity index (χ3v) is 4.31. The van der Waals surface area contributed by atoms with Crippen molar-refractivity contribution in [3.63, 3.8) is 0 Å². The fourth-order valence-corrected chi connectivity index (χ4v) is 2.93. The molecule has 0 aliphatic heterocycles. The molecule has 9 heteroatoms. The summed E-state index contributed by atoms with van der Waals surface area (Å²) in [5, 5.41) is -0.621. The Labute approximate surface area is 122 Å². The van der Waals surface area contributed by atoms with Crippen molar-refractivity contribution in [2.45, 2.75) is 17.0 Å². The molecule has 0 fully saturated rings. The van der Waals surface area contributed by atoms with Gasteiger partial charge in [0.25, 0.3) is 0 Å². The molecule has 0 unspecified atom stereocenters. The number of aromatic nitrogens is 1. The number of sulfone groups is 1. The van der Waals surface area contributed by atoms with Crippen molar-refractivity contribution >= 4 is 9.84 Å². The Morgan fingerprint density at radius 3 is 2.23 bits per heavy atom. The van der Waals surface area contributed by atoms with Crippen LogP contribution in [0.4, 0.5) is 22.0 Å². The van der Waals surface area contributed by atoms with Gasteiger partial charge in [-0.05, 0) is 18.2 Å². The van der Waals surface area contributed by atoms with Crippen LogP contribution in [0.3, 0.4) is 0 Å². The maximum absolute atomic E-state index is 13.4. The van der Waals surface area contributed by atoms with Gasteiger partial charge in [0.1, 0.15) is 11.6 Å². The molecule has 0 atom stereocenters. The first kappa shape index (κ1) is 16.3. The van der Waals surface area contributed by atoms with Crippen molar-refractivity contribution < 1.29 is 30.4 Å². The van der Waals surface area contributed by atoms with Crippen molar-refractivity contribution in [3.05, 3.63) is 59.3 Å². The molecular formula is C13H8F5NO2S. The van der Waals surface area contributed by atoms with E-state index < -0.39 is 44.0 Å². The Balaban J connectivity index is 2.31. The highest BCUT2D eigenvalue weighted by Crippen LogP contribution is 2.29. The first-order valence-corrected chi connectivity index (χ1v) is 7.45. The minimum Gasteiger partial charge on any atom is -0.244 e. The zero-order valence-electron chi connectivity index (χ0n) is 10.7. The smallest absolute Gasteiger partial charge is 0.244 e. The van der Waals surface area contributed by atoms with Crippen molar-refractivity contribution in [3.8, 4) is 0 Å². The van der Waals surface area contributed by atoms with E-state index in [4.69, 9.17) is 0 Å². The van der Waals surface area contributed by atoms with E-state index in [2.05, 4.69) is 4.98 Å². The molecule has 0 spiro atoms. The predicted molar refractivity (Wildman–Crippen MR) is 66.5 cm³/mol. The van der Waals surface area contributed by atoms with Crippen molar-refractivity contribution in [2.75, 3.05) is 0 Å². The summed E-state index contributed by atoms with van der Waals surface area (Å²) in [6, 6.07) is 3.62. The number of benzene rings is 1. The topological polar surface area (TPSA) is 47.0 Å². The number of halogens is 5. The third-order valence-electron chi connectivity index (χ3n) is 2.74. The summed E-state index contributed by atoms with van der Waals surface area (Å²) < 4.78 is 87.3. The lowest BCUT2D eigenvalue weighted by molar-refractivity contribution is -0.137. The number of pyridine rings is 1. The number of rotatable bonds is 3. The highest BCUT2D eigenvalue weighted by molar-refractivity contribution is 7.90. The van der Waals surface area contributed by atoms with Gasteiger partial charge in [-0.1, -0.05) is 6.07 Å². The molecule has 118 valence electrons. The fourth-order valence-electron chi connectivity index (χ4n) is 1.65. The first-order chi connectivity index (χ1) is 10.1. The lowest BCUT2D eigenvalue weighted by Crippen LogP contribution is -2.11. The van der Waals surface area contributed by atoms with Gasteiger partial charge >= 0.3 is 6.18 Å². The van der Waals surface area contributed by atoms with Gasteiger partial charge in [0.15, 0.2) is 14.9 Å². The Hall–Kier alpha value is -2.03. The van der Waals surface area contributed by atoms with E-state index in [1.807, 2.05) is 0 Å². The summed E-state index contributed by atoms with van der Waals surface area (Å²) >= 11 is 0. The van der Waals surface area contributed by atoms with Crippen LogP contribution in [-0.4, -0.2) is 13.4 Å². The lowest BCUT2D eigenvalue weighted by Gasteiger charge is -2.08. The average Bonchev–Trinajstić information content (AvgIpc) is 2.41. The molecule has 0 radical (unpaired) electrons. The van der Waals surface area contributed by atoms with Gasteiger partial charge in [-0.25, -0.2) is 22.2 Å². The summed E-state index contributed by atoms with van der Waals surface area (Å²) in [6.07, 6.45) is -4.26. The Kier molecular flexibility index (Phi) is 4.19. The van der Waals surface area contributed by atoms with Crippen LogP contribution in [0.1, 0.15) is 11.1 Å². The zero-order valence-corrected chi connectivity index (χ0v) is 11.5. The SMILES string of the molecule is O=S(=O)(Cc1ccc(F)cc1F)c1ccc(C(F)(F)F)cn1. The van der Waals surface area contributed by atoms with Gasteiger partial charge < -0.3 is 0 Å².